The number of fused-ring (bicyclic) bond motifs is 2. The quantitative estimate of drug-likeness (QED) is 0.489. The molecule has 2 aromatic rings. The standard InChI is InChI=1S/C17H11N3O7/c21-17(22)27-15-6-10-5-13-14(26-8-25-13)7-12(10)16(19-18-15)9-1-3-11(4-2-9)20(23)24/h1-5,7H,6,8H2,(H,21,22). The summed E-state index contributed by atoms with van der Waals surface area (Å²) >= 11 is 0. The first-order valence-electron chi connectivity index (χ1n) is 7.74. The SMILES string of the molecule is O=C(O)OC1=NN=C(c2ccc([N+](=O)[O-])cc2)c2cc3c(cc2C1)OCO3. The molecule has 1 N–H and O–H groups in total. The predicted molar refractivity (Wildman–Crippen MR) is 91.5 cm³/mol. The molecule has 2 aromatic carbocycles. The molecule has 2 heterocycles. The summed E-state index contributed by atoms with van der Waals surface area (Å²) in [6, 6.07) is 9.23. The van der Waals surface area contributed by atoms with Crippen molar-refractivity contribution in [3.8, 4) is 11.5 Å². The molecule has 0 atom stereocenters. The van der Waals surface area contributed by atoms with Gasteiger partial charge >= 0.3 is 6.16 Å². The van der Waals surface area contributed by atoms with Gasteiger partial charge in [0.05, 0.1) is 11.3 Å². The van der Waals surface area contributed by atoms with Crippen molar-refractivity contribution in [2.45, 2.75) is 6.42 Å². The largest absolute Gasteiger partial charge is 0.512 e. The molecule has 4 rings (SSSR count). The molecule has 0 spiro atoms. The summed E-state index contributed by atoms with van der Waals surface area (Å²) in [5, 5.41) is 27.7. The third kappa shape index (κ3) is 3.15. The van der Waals surface area contributed by atoms with Gasteiger partial charge in [0.1, 0.15) is 5.71 Å². The van der Waals surface area contributed by atoms with Crippen LogP contribution in [0, 0.1) is 10.1 Å². The Morgan fingerprint density at radius 1 is 1.15 bits per heavy atom. The summed E-state index contributed by atoms with van der Waals surface area (Å²) in [7, 11) is 0. The first kappa shape index (κ1) is 16.5. The van der Waals surface area contributed by atoms with Crippen LogP contribution in [0.3, 0.4) is 0 Å². The van der Waals surface area contributed by atoms with Crippen molar-refractivity contribution in [3.63, 3.8) is 0 Å². The number of non-ortho nitro benzene ring substituents is 1. The maximum atomic E-state index is 10.9. The summed E-state index contributed by atoms with van der Waals surface area (Å²) in [6.07, 6.45) is -1.41. The molecule has 27 heavy (non-hydrogen) atoms. The molecule has 0 aromatic heterocycles. The van der Waals surface area contributed by atoms with Gasteiger partial charge in [-0.1, -0.05) is 0 Å². The van der Waals surface area contributed by atoms with E-state index in [0.717, 1.165) is 0 Å². The molecule has 2 aliphatic rings. The third-order valence-electron chi connectivity index (χ3n) is 4.01. The topological polar surface area (TPSA) is 133 Å². The number of nitrogens with zero attached hydrogens (tertiary/aromatic N) is 3. The van der Waals surface area contributed by atoms with E-state index in [0.29, 0.717) is 33.9 Å². The molecule has 10 nitrogen and oxygen atoms in total. The van der Waals surface area contributed by atoms with Crippen LogP contribution in [0.15, 0.2) is 46.6 Å². The summed E-state index contributed by atoms with van der Waals surface area (Å²) < 4.78 is 15.5. The Balaban J connectivity index is 1.83. The number of carbonyl (C=O) groups is 1. The van der Waals surface area contributed by atoms with Crippen LogP contribution in [0.4, 0.5) is 10.5 Å². The fraction of sp³-hybridized carbons (Fsp3) is 0.118. The molecule has 0 saturated carbocycles. The summed E-state index contributed by atoms with van der Waals surface area (Å²) in [4.78, 5) is 21.2. The number of rotatable bonds is 2. The van der Waals surface area contributed by atoms with E-state index in [-0.39, 0.29) is 24.8 Å². The van der Waals surface area contributed by atoms with Crippen molar-refractivity contribution in [3.05, 3.63) is 63.2 Å². The lowest BCUT2D eigenvalue weighted by Crippen LogP contribution is -2.13. The van der Waals surface area contributed by atoms with Gasteiger partial charge in [-0.2, -0.15) is 0 Å². The Kier molecular flexibility index (Phi) is 3.92. The third-order valence-corrected chi connectivity index (χ3v) is 4.01. The fourth-order valence-corrected chi connectivity index (χ4v) is 2.82. The summed E-state index contributed by atoms with van der Waals surface area (Å²) in [5.74, 6) is 0.943. The fourth-order valence-electron chi connectivity index (χ4n) is 2.82. The van der Waals surface area contributed by atoms with Gasteiger partial charge in [-0.25, -0.2) is 4.79 Å². The molecule has 0 saturated heterocycles. The Hall–Kier alpha value is -3.95. The highest BCUT2D eigenvalue weighted by atomic mass is 16.7. The highest BCUT2D eigenvalue weighted by Crippen LogP contribution is 2.37. The molecule has 0 aliphatic carbocycles. The van der Waals surface area contributed by atoms with Crippen LogP contribution in [0.2, 0.25) is 0 Å². The molecule has 0 fully saturated rings. The number of ether oxygens (including phenoxy) is 3. The van der Waals surface area contributed by atoms with Crippen molar-refractivity contribution in [1.82, 2.24) is 0 Å². The molecule has 0 amide bonds. The Morgan fingerprint density at radius 3 is 2.52 bits per heavy atom. The first-order chi connectivity index (χ1) is 13.0. The second-order valence-electron chi connectivity index (χ2n) is 5.65. The van der Waals surface area contributed by atoms with E-state index in [1.165, 1.54) is 12.1 Å². The van der Waals surface area contributed by atoms with Crippen LogP contribution >= 0.6 is 0 Å². The first-order valence-corrected chi connectivity index (χ1v) is 7.74. The molecule has 10 heteroatoms. The van der Waals surface area contributed by atoms with Crippen molar-refractivity contribution in [1.29, 1.82) is 0 Å². The van der Waals surface area contributed by atoms with E-state index >= 15 is 0 Å². The lowest BCUT2D eigenvalue weighted by molar-refractivity contribution is -0.384. The minimum absolute atomic E-state index is 0.0581. The molecule has 136 valence electrons. The minimum atomic E-state index is -1.50. The van der Waals surface area contributed by atoms with Gasteiger partial charge in [-0.3, -0.25) is 10.1 Å². The van der Waals surface area contributed by atoms with Crippen molar-refractivity contribution >= 4 is 23.5 Å². The van der Waals surface area contributed by atoms with Gasteiger partial charge in [0.2, 0.25) is 12.7 Å². The monoisotopic (exact) mass is 369 g/mol. The number of hydrogen-bond donors (Lipinski definition) is 1. The lowest BCUT2D eigenvalue weighted by Gasteiger charge is -2.11. The van der Waals surface area contributed by atoms with Gasteiger partial charge in [-0.05, 0) is 29.8 Å². The van der Waals surface area contributed by atoms with E-state index < -0.39 is 11.1 Å². The van der Waals surface area contributed by atoms with Crippen LogP contribution in [-0.4, -0.2) is 34.6 Å². The average molecular weight is 369 g/mol. The van der Waals surface area contributed by atoms with Crippen molar-refractivity contribution < 1.29 is 29.0 Å². The Morgan fingerprint density at radius 2 is 1.85 bits per heavy atom. The second-order valence-corrected chi connectivity index (χ2v) is 5.65. The molecule has 0 unspecified atom stereocenters. The smallest absolute Gasteiger partial charge is 0.454 e. The van der Waals surface area contributed by atoms with Crippen LogP contribution in [-0.2, 0) is 11.2 Å². The molecular weight excluding hydrogens is 358 g/mol. The van der Waals surface area contributed by atoms with E-state index in [1.54, 1.807) is 24.3 Å². The van der Waals surface area contributed by atoms with Crippen LogP contribution < -0.4 is 9.47 Å². The van der Waals surface area contributed by atoms with Gasteiger partial charge in [0, 0.05) is 23.3 Å². The van der Waals surface area contributed by atoms with Gasteiger partial charge < -0.3 is 19.3 Å². The Labute approximate surface area is 151 Å². The van der Waals surface area contributed by atoms with E-state index in [1.807, 2.05) is 0 Å². The van der Waals surface area contributed by atoms with Gasteiger partial charge in [0.25, 0.3) is 5.69 Å². The Bertz CT molecular complexity index is 1010. The maximum Gasteiger partial charge on any atom is 0.512 e. The number of nitro groups is 1. The lowest BCUT2D eigenvalue weighted by atomic mass is 9.95. The maximum absolute atomic E-state index is 10.9. The van der Waals surface area contributed by atoms with Crippen molar-refractivity contribution in [2.24, 2.45) is 10.2 Å². The van der Waals surface area contributed by atoms with E-state index in [2.05, 4.69) is 14.9 Å². The minimum Gasteiger partial charge on any atom is -0.454 e. The number of hydrogen-bond acceptors (Lipinski definition) is 8. The highest BCUT2D eigenvalue weighted by molar-refractivity contribution is 6.15. The van der Waals surface area contributed by atoms with Crippen LogP contribution in [0.1, 0.15) is 16.7 Å². The zero-order valence-electron chi connectivity index (χ0n) is 13.6. The zero-order valence-corrected chi connectivity index (χ0v) is 13.6. The molecule has 0 bridgehead atoms. The van der Waals surface area contributed by atoms with Gasteiger partial charge in [0.15, 0.2) is 11.5 Å². The van der Waals surface area contributed by atoms with Crippen LogP contribution in [0.5, 0.6) is 11.5 Å². The highest BCUT2D eigenvalue weighted by Gasteiger charge is 2.25. The van der Waals surface area contributed by atoms with E-state index in [4.69, 9.17) is 14.6 Å². The van der Waals surface area contributed by atoms with E-state index in [9.17, 15) is 14.9 Å². The normalized spacial score (nSPS) is 14.5. The molecular formula is C17H11N3O7. The number of nitro benzene ring substituents is 1. The second kappa shape index (κ2) is 6.41. The average Bonchev–Trinajstić information content (AvgIpc) is 3.01. The molecule has 2 aliphatic heterocycles. The summed E-state index contributed by atoms with van der Waals surface area (Å²) in [6.45, 7) is 0.0782. The van der Waals surface area contributed by atoms with Crippen molar-refractivity contribution in [2.75, 3.05) is 6.79 Å². The van der Waals surface area contributed by atoms with Crippen LogP contribution in [0.25, 0.3) is 0 Å². The van der Waals surface area contributed by atoms with Gasteiger partial charge in [-0.15, -0.1) is 10.2 Å². The molecule has 0 radical (unpaired) electrons. The number of benzene rings is 2. The summed E-state index contributed by atoms with van der Waals surface area (Å²) in [5.41, 5.74) is 2.23. The number of carboxylic acid groups (broad SMARTS) is 1. The zero-order chi connectivity index (χ0) is 19.0. The predicted octanol–water partition coefficient (Wildman–Crippen LogP) is 2.73.